The number of anilines is 1. The first kappa shape index (κ1) is 28.8. The van der Waals surface area contributed by atoms with Crippen molar-refractivity contribution in [1.29, 1.82) is 0 Å². The van der Waals surface area contributed by atoms with Crippen LogP contribution in [0.1, 0.15) is 53.8 Å². The van der Waals surface area contributed by atoms with E-state index in [-0.39, 0.29) is 23.7 Å². The van der Waals surface area contributed by atoms with E-state index in [1.165, 1.54) is 5.56 Å². The van der Waals surface area contributed by atoms with Gasteiger partial charge in [-0.25, -0.2) is 4.98 Å². The number of imidazole rings is 1. The lowest BCUT2D eigenvalue weighted by Gasteiger charge is -2.26. The normalized spacial score (nSPS) is 12.7. The molecule has 0 bridgehead atoms. The lowest BCUT2D eigenvalue weighted by molar-refractivity contribution is -0.116. The fourth-order valence-electron chi connectivity index (χ4n) is 5.23. The predicted molar refractivity (Wildman–Crippen MR) is 165 cm³/mol. The third-order valence-electron chi connectivity index (χ3n) is 7.57. The van der Waals surface area contributed by atoms with Gasteiger partial charge in [0.1, 0.15) is 5.69 Å². The van der Waals surface area contributed by atoms with E-state index in [4.69, 9.17) is 10.5 Å². The first-order chi connectivity index (χ1) is 20.5. The molecule has 0 aliphatic rings. The summed E-state index contributed by atoms with van der Waals surface area (Å²) in [6.07, 6.45) is 8.10. The average Bonchev–Trinajstić information content (AvgIpc) is 3.65. The summed E-state index contributed by atoms with van der Waals surface area (Å²) in [6.45, 7) is 3.22. The SMILES string of the molecule is CC(OCc1ccccc1)C(CCn1ccc2ccc(NC(=O)CCCc3ccccc3)cc21)n1cnc(C(N)=O)c1. The zero-order chi connectivity index (χ0) is 29.3. The minimum absolute atomic E-state index is 0.0122. The number of aromatic nitrogens is 3. The second-order valence-electron chi connectivity index (χ2n) is 10.6. The summed E-state index contributed by atoms with van der Waals surface area (Å²) >= 11 is 0. The highest BCUT2D eigenvalue weighted by atomic mass is 16.5. The molecule has 8 nitrogen and oxygen atoms in total. The minimum atomic E-state index is -0.559. The maximum atomic E-state index is 12.6. The molecule has 0 aliphatic heterocycles. The predicted octanol–water partition coefficient (Wildman–Crippen LogP) is 6.13. The maximum Gasteiger partial charge on any atom is 0.268 e. The Morgan fingerprint density at radius 3 is 2.43 bits per heavy atom. The molecule has 3 N–H and O–H groups in total. The fraction of sp³-hybridized carbons (Fsp3) is 0.265. The van der Waals surface area contributed by atoms with Crippen molar-refractivity contribution in [3.63, 3.8) is 0 Å². The number of amides is 2. The molecule has 2 heterocycles. The van der Waals surface area contributed by atoms with E-state index in [0.29, 0.717) is 19.6 Å². The smallest absolute Gasteiger partial charge is 0.268 e. The van der Waals surface area contributed by atoms with Crippen LogP contribution >= 0.6 is 0 Å². The van der Waals surface area contributed by atoms with Gasteiger partial charge < -0.3 is 24.9 Å². The van der Waals surface area contributed by atoms with Crippen molar-refractivity contribution in [2.24, 2.45) is 5.73 Å². The molecule has 0 saturated heterocycles. The lowest BCUT2D eigenvalue weighted by Crippen LogP contribution is -2.25. The van der Waals surface area contributed by atoms with Crippen LogP contribution in [0.3, 0.4) is 0 Å². The van der Waals surface area contributed by atoms with Crippen molar-refractivity contribution in [3.8, 4) is 0 Å². The summed E-state index contributed by atoms with van der Waals surface area (Å²) in [5.74, 6) is -0.547. The van der Waals surface area contributed by atoms with Gasteiger partial charge in [-0.1, -0.05) is 66.7 Å². The molecule has 2 amide bonds. The molecule has 42 heavy (non-hydrogen) atoms. The molecule has 0 fully saturated rings. The maximum absolute atomic E-state index is 12.6. The highest BCUT2D eigenvalue weighted by Gasteiger charge is 2.22. The first-order valence-electron chi connectivity index (χ1n) is 14.4. The van der Waals surface area contributed by atoms with Crippen molar-refractivity contribution < 1.29 is 14.3 Å². The molecule has 0 spiro atoms. The molecule has 216 valence electrons. The number of carbonyl (C=O) groups excluding carboxylic acids is 2. The van der Waals surface area contributed by atoms with Gasteiger partial charge in [-0.3, -0.25) is 9.59 Å². The molecule has 2 aromatic heterocycles. The van der Waals surface area contributed by atoms with Crippen LogP contribution in [0.4, 0.5) is 5.69 Å². The fourth-order valence-corrected chi connectivity index (χ4v) is 5.23. The Labute approximate surface area is 246 Å². The molecule has 3 aromatic carbocycles. The number of carbonyl (C=O) groups is 2. The summed E-state index contributed by atoms with van der Waals surface area (Å²) in [7, 11) is 0. The number of rotatable bonds is 14. The number of fused-ring (bicyclic) bond motifs is 1. The van der Waals surface area contributed by atoms with Crippen molar-refractivity contribution in [2.75, 3.05) is 5.32 Å². The van der Waals surface area contributed by atoms with Gasteiger partial charge in [-0.05, 0) is 60.9 Å². The molecule has 5 aromatic rings. The molecule has 2 unspecified atom stereocenters. The Balaban J connectivity index is 1.25. The van der Waals surface area contributed by atoms with Crippen LogP contribution in [-0.4, -0.2) is 32.0 Å². The van der Waals surface area contributed by atoms with Crippen molar-refractivity contribution in [2.45, 2.75) is 57.9 Å². The second-order valence-corrected chi connectivity index (χ2v) is 10.6. The Morgan fingerprint density at radius 1 is 0.976 bits per heavy atom. The van der Waals surface area contributed by atoms with Gasteiger partial charge in [-0.2, -0.15) is 0 Å². The Hall–Kier alpha value is -4.69. The number of nitrogens with zero attached hydrogens (tertiary/aromatic N) is 3. The van der Waals surface area contributed by atoms with Crippen LogP contribution in [0.25, 0.3) is 10.9 Å². The molecule has 0 radical (unpaired) electrons. The highest BCUT2D eigenvalue weighted by Crippen LogP contribution is 2.25. The summed E-state index contributed by atoms with van der Waals surface area (Å²) in [5, 5.41) is 4.16. The van der Waals surface area contributed by atoms with E-state index >= 15 is 0 Å². The summed E-state index contributed by atoms with van der Waals surface area (Å²) < 4.78 is 10.4. The molecule has 5 rings (SSSR count). The minimum Gasteiger partial charge on any atom is -0.372 e. The number of nitrogens with two attached hydrogens (primary N) is 1. The van der Waals surface area contributed by atoms with Gasteiger partial charge in [0.15, 0.2) is 0 Å². The zero-order valence-electron chi connectivity index (χ0n) is 23.9. The van der Waals surface area contributed by atoms with Crippen LogP contribution in [0.5, 0.6) is 0 Å². The van der Waals surface area contributed by atoms with Crippen molar-refractivity contribution in [3.05, 3.63) is 120 Å². The molecule has 0 aliphatic carbocycles. The second kappa shape index (κ2) is 13.8. The quantitative estimate of drug-likeness (QED) is 0.169. The van der Waals surface area contributed by atoms with E-state index in [1.807, 2.05) is 78.2 Å². The van der Waals surface area contributed by atoms with Gasteiger partial charge in [-0.15, -0.1) is 0 Å². The van der Waals surface area contributed by atoms with Crippen molar-refractivity contribution in [1.82, 2.24) is 14.1 Å². The molecule has 8 heteroatoms. The van der Waals surface area contributed by atoms with Crippen LogP contribution in [0.15, 0.2) is 104 Å². The number of primary amides is 1. The largest absolute Gasteiger partial charge is 0.372 e. The summed E-state index contributed by atoms with van der Waals surface area (Å²) in [6, 6.07) is 28.3. The van der Waals surface area contributed by atoms with Gasteiger partial charge in [0.05, 0.1) is 30.6 Å². The lowest BCUT2D eigenvalue weighted by atomic mass is 10.1. The number of aryl methyl sites for hydroxylation is 2. The molecule has 2 atom stereocenters. The van der Waals surface area contributed by atoms with Gasteiger partial charge in [0.2, 0.25) is 5.91 Å². The number of ether oxygens (including phenoxy) is 1. The van der Waals surface area contributed by atoms with Gasteiger partial charge in [0, 0.05) is 31.0 Å². The number of hydrogen-bond acceptors (Lipinski definition) is 4. The zero-order valence-corrected chi connectivity index (χ0v) is 23.9. The van der Waals surface area contributed by atoms with E-state index in [9.17, 15) is 9.59 Å². The van der Waals surface area contributed by atoms with Crippen LogP contribution in [0.2, 0.25) is 0 Å². The van der Waals surface area contributed by atoms with Crippen LogP contribution < -0.4 is 11.1 Å². The molecular formula is C34H37N5O3. The number of benzene rings is 3. The number of hydrogen-bond donors (Lipinski definition) is 2. The molecule has 0 saturated carbocycles. The highest BCUT2D eigenvalue weighted by molar-refractivity contribution is 5.93. The average molecular weight is 564 g/mol. The monoisotopic (exact) mass is 563 g/mol. The Morgan fingerprint density at radius 2 is 1.71 bits per heavy atom. The van der Waals surface area contributed by atoms with Gasteiger partial charge >= 0.3 is 0 Å². The van der Waals surface area contributed by atoms with E-state index < -0.39 is 5.91 Å². The topological polar surface area (TPSA) is 104 Å². The van der Waals surface area contributed by atoms with Crippen LogP contribution in [0, 0.1) is 0 Å². The standard InChI is InChI=1S/C34H37N5O3/c1-25(42-23-27-11-6-3-7-12-27)31(39-22-30(34(35)41)36-24-39)18-20-38-19-17-28-15-16-29(21-32(28)38)37-33(40)14-8-13-26-9-4-2-5-10-26/h2-7,9-12,15-17,19,21-22,24-25,31H,8,13-14,18,20,23H2,1H3,(H2,35,41)(H,37,40). The molecular weight excluding hydrogens is 526 g/mol. The van der Waals surface area contributed by atoms with E-state index in [2.05, 4.69) is 39.3 Å². The summed E-state index contributed by atoms with van der Waals surface area (Å²) in [5.41, 5.74) is 9.86. The number of nitrogens with one attached hydrogen (secondary N) is 1. The Kier molecular flexibility index (Phi) is 9.46. The first-order valence-corrected chi connectivity index (χ1v) is 14.4. The summed E-state index contributed by atoms with van der Waals surface area (Å²) in [4.78, 5) is 28.6. The third-order valence-corrected chi connectivity index (χ3v) is 7.57. The van der Waals surface area contributed by atoms with Gasteiger partial charge in [0.25, 0.3) is 5.91 Å². The third kappa shape index (κ3) is 7.53. The van der Waals surface area contributed by atoms with Crippen LogP contribution in [-0.2, 0) is 29.1 Å². The van der Waals surface area contributed by atoms with Crippen molar-refractivity contribution >= 4 is 28.4 Å². The van der Waals surface area contributed by atoms with E-state index in [0.717, 1.165) is 41.4 Å². The van der Waals surface area contributed by atoms with E-state index in [1.54, 1.807) is 12.5 Å². The Bertz CT molecular complexity index is 1610.